The summed E-state index contributed by atoms with van der Waals surface area (Å²) >= 11 is 0. The van der Waals surface area contributed by atoms with E-state index in [9.17, 15) is 9.90 Å². The Bertz CT molecular complexity index is 379. The molecular formula is C15H22O3. The Morgan fingerprint density at radius 1 is 1.50 bits per heavy atom. The van der Waals surface area contributed by atoms with Gasteiger partial charge >= 0.3 is 5.97 Å². The van der Waals surface area contributed by atoms with E-state index in [0.29, 0.717) is 12.5 Å². The number of aliphatic hydroxyl groups is 1. The molecule has 2 fully saturated rings. The first kappa shape index (κ1) is 13.4. The first-order valence-corrected chi connectivity index (χ1v) is 7.02. The zero-order valence-corrected chi connectivity index (χ0v) is 11.1. The van der Waals surface area contributed by atoms with Crippen molar-refractivity contribution in [2.75, 3.05) is 6.61 Å². The van der Waals surface area contributed by atoms with Gasteiger partial charge in [0.05, 0.1) is 18.3 Å². The predicted octanol–water partition coefficient (Wildman–Crippen LogP) is 2.74. The molecule has 100 valence electrons. The van der Waals surface area contributed by atoms with Gasteiger partial charge in [0.25, 0.3) is 0 Å². The van der Waals surface area contributed by atoms with Gasteiger partial charge in [0, 0.05) is 5.57 Å². The van der Waals surface area contributed by atoms with E-state index in [-0.39, 0.29) is 5.97 Å². The fourth-order valence-electron chi connectivity index (χ4n) is 3.25. The molecule has 0 unspecified atom stereocenters. The molecule has 0 amide bonds. The van der Waals surface area contributed by atoms with Crippen molar-refractivity contribution in [2.45, 2.75) is 57.5 Å². The second-order valence-electron chi connectivity index (χ2n) is 5.28. The summed E-state index contributed by atoms with van der Waals surface area (Å²) in [6, 6.07) is 0. The van der Waals surface area contributed by atoms with Crippen molar-refractivity contribution in [1.82, 2.24) is 0 Å². The lowest BCUT2D eigenvalue weighted by Crippen LogP contribution is -2.33. The zero-order valence-electron chi connectivity index (χ0n) is 11.1. The lowest BCUT2D eigenvalue weighted by atomic mass is 9.84. The third-order valence-corrected chi connectivity index (χ3v) is 4.20. The van der Waals surface area contributed by atoms with Gasteiger partial charge in [-0.25, -0.2) is 4.79 Å². The third-order valence-electron chi connectivity index (χ3n) is 4.20. The number of hydrogen-bond donors (Lipinski definition) is 1. The molecule has 0 bridgehead atoms. The molecule has 2 atom stereocenters. The molecule has 1 N–H and O–H groups in total. The summed E-state index contributed by atoms with van der Waals surface area (Å²) in [6.07, 6.45) is 8.61. The minimum Gasteiger partial charge on any atom is -0.462 e. The summed E-state index contributed by atoms with van der Waals surface area (Å²) < 4.78 is 4.84. The van der Waals surface area contributed by atoms with Crippen molar-refractivity contribution in [3.63, 3.8) is 0 Å². The Labute approximate surface area is 109 Å². The largest absolute Gasteiger partial charge is 0.462 e. The van der Waals surface area contributed by atoms with Crippen LogP contribution in [0.25, 0.3) is 0 Å². The quantitative estimate of drug-likeness (QED) is 0.465. The minimum absolute atomic E-state index is 0.359. The van der Waals surface area contributed by atoms with Gasteiger partial charge in [-0.3, -0.25) is 0 Å². The highest BCUT2D eigenvalue weighted by molar-refractivity contribution is 5.81. The second-order valence-corrected chi connectivity index (χ2v) is 5.28. The van der Waals surface area contributed by atoms with E-state index >= 15 is 0 Å². The van der Waals surface area contributed by atoms with E-state index in [1.54, 1.807) is 6.92 Å². The Balaban J connectivity index is 2.18. The molecule has 3 nitrogen and oxygen atoms in total. The highest BCUT2D eigenvalue weighted by Gasteiger charge is 2.45. The summed E-state index contributed by atoms with van der Waals surface area (Å²) in [5, 5.41) is 10.8. The van der Waals surface area contributed by atoms with Crippen LogP contribution in [-0.4, -0.2) is 23.3 Å². The van der Waals surface area contributed by atoms with Crippen LogP contribution in [0.4, 0.5) is 0 Å². The van der Waals surface area contributed by atoms with E-state index in [2.05, 4.69) is 5.73 Å². The van der Waals surface area contributed by atoms with Crippen LogP contribution >= 0.6 is 0 Å². The molecule has 0 spiro atoms. The molecule has 2 aliphatic carbocycles. The highest BCUT2D eigenvalue weighted by atomic mass is 16.5. The van der Waals surface area contributed by atoms with Crippen LogP contribution in [0.5, 0.6) is 0 Å². The molecule has 0 heterocycles. The Morgan fingerprint density at radius 2 is 2.33 bits per heavy atom. The van der Waals surface area contributed by atoms with Gasteiger partial charge in [-0.15, -0.1) is 5.73 Å². The number of rotatable bonds is 2. The smallest absolute Gasteiger partial charge is 0.338 e. The van der Waals surface area contributed by atoms with Crippen LogP contribution in [0.15, 0.2) is 17.4 Å². The van der Waals surface area contributed by atoms with E-state index in [1.807, 2.05) is 0 Å². The van der Waals surface area contributed by atoms with Crippen molar-refractivity contribution < 1.29 is 14.6 Å². The predicted molar refractivity (Wildman–Crippen MR) is 69.0 cm³/mol. The van der Waals surface area contributed by atoms with Gasteiger partial charge in [0.1, 0.15) is 0 Å². The van der Waals surface area contributed by atoms with Crippen molar-refractivity contribution in [2.24, 2.45) is 5.92 Å². The van der Waals surface area contributed by atoms with Crippen molar-refractivity contribution >= 4 is 5.97 Å². The highest BCUT2D eigenvalue weighted by Crippen LogP contribution is 2.47. The molecule has 0 aromatic carbocycles. The molecule has 2 aliphatic rings. The van der Waals surface area contributed by atoms with Gasteiger partial charge in [-0.1, -0.05) is 19.3 Å². The minimum atomic E-state index is -0.709. The molecule has 0 aliphatic heterocycles. The standard InChI is InChI=1S/C15H22O3/c1-2-18-14(16)10-9-13-8-7-12-6-4-3-5-11-15(12,13)17/h10,12,17H,2-8,11H2,1H3/t9?,12-,15+/m0/s1. The SMILES string of the molecule is CCOC(=O)C=C=C1CC[C@@H]2CCCCC[C@]12O. The number of fused-ring (bicyclic) bond motifs is 1. The Hall–Kier alpha value is -1.05. The maximum atomic E-state index is 11.3. The van der Waals surface area contributed by atoms with Crippen LogP contribution < -0.4 is 0 Å². The van der Waals surface area contributed by atoms with Gasteiger partial charge in [-0.2, -0.15) is 0 Å². The normalized spacial score (nSPS) is 31.2. The van der Waals surface area contributed by atoms with E-state index in [0.717, 1.165) is 37.7 Å². The van der Waals surface area contributed by atoms with Crippen LogP contribution in [0, 0.1) is 5.92 Å². The van der Waals surface area contributed by atoms with Crippen LogP contribution in [0.3, 0.4) is 0 Å². The number of carbonyl (C=O) groups excluding carboxylic acids is 1. The maximum absolute atomic E-state index is 11.3. The summed E-state index contributed by atoms with van der Waals surface area (Å²) in [5.74, 6) is -0.0104. The van der Waals surface area contributed by atoms with Crippen molar-refractivity contribution in [1.29, 1.82) is 0 Å². The third kappa shape index (κ3) is 2.68. The molecule has 3 heteroatoms. The molecule has 0 radical (unpaired) electrons. The summed E-state index contributed by atoms with van der Waals surface area (Å²) in [6.45, 7) is 2.16. The average Bonchev–Trinajstić information content (AvgIpc) is 2.52. The lowest BCUT2D eigenvalue weighted by Gasteiger charge is -2.28. The molecule has 18 heavy (non-hydrogen) atoms. The molecule has 0 aromatic heterocycles. The van der Waals surface area contributed by atoms with Crippen LogP contribution in [0.1, 0.15) is 51.9 Å². The maximum Gasteiger partial charge on any atom is 0.338 e. The summed E-state index contributed by atoms with van der Waals surface area (Å²) in [7, 11) is 0. The Morgan fingerprint density at radius 3 is 3.11 bits per heavy atom. The average molecular weight is 250 g/mol. The van der Waals surface area contributed by atoms with Crippen LogP contribution in [0.2, 0.25) is 0 Å². The number of hydrogen-bond acceptors (Lipinski definition) is 3. The topological polar surface area (TPSA) is 46.5 Å². The summed E-state index contributed by atoms with van der Waals surface area (Å²) in [4.78, 5) is 11.3. The fourth-order valence-corrected chi connectivity index (χ4v) is 3.25. The van der Waals surface area contributed by atoms with E-state index < -0.39 is 5.60 Å². The first-order chi connectivity index (χ1) is 8.66. The number of esters is 1. The monoisotopic (exact) mass is 250 g/mol. The van der Waals surface area contributed by atoms with Gasteiger partial charge in [-0.05, 0) is 38.5 Å². The summed E-state index contributed by atoms with van der Waals surface area (Å²) in [5.41, 5.74) is 3.20. The Kier molecular flexibility index (Phi) is 4.26. The molecule has 2 rings (SSSR count). The van der Waals surface area contributed by atoms with Crippen molar-refractivity contribution in [3.8, 4) is 0 Å². The number of ether oxygens (including phenoxy) is 1. The van der Waals surface area contributed by atoms with Gasteiger partial charge in [0.2, 0.25) is 0 Å². The molecule has 2 saturated carbocycles. The lowest BCUT2D eigenvalue weighted by molar-refractivity contribution is -0.137. The molecule has 0 aromatic rings. The van der Waals surface area contributed by atoms with Gasteiger partial charge < -0.3 is 9.84 Å². The number of carbonyl (C=O) groups is 1. The van der Waals surface area contributed by atoms with Crippen LogP contribution in [-0.2, 0) is 9.53 Å². The van der Waals surface area contributed by atoms with E-state index in [4.69, 9.17) is 4.74 Å². The first-order valence-electron chi connectivity index (χ1n) is 7.02. The fraction of sp³-hybridized carbons (Fsp3) is 0.733. The van der Waals surface area contributed by atoms with Crippen molar-refractivity contribution in [3.05, 3.63) is 17.4 Å². The van der Waals surface area contributed by atoms with E-state index in [1.165, 1.54) is 18.9 Å². The second kappa shape index (κ2) is 5.73. The van der Waals surface area contributed by atoms with Gasteiger partial charge in [0.15, 0.2) is 0 Å². The molecule has 0 saturated heterocycles. The zero-order chi connectivity index (χ0) is 13.0. The molecular weight excluding hydrogens is 228 g/mol.